The van der Waals surface area contributed by atoms with Gasteiger partial charge in [0.05, 0.1) is 17.1 Å². The van der Waals surface area contributed by atoms with E-state index >= 15 is 0 Å². The normalized spacial score (nSPS) is 19.0. The van der Waals surface area contributed by atoms with E-state index in [1.54, 1.807) is 6.20 Å². The summed E-state index contributed by atoms with van der Waals surface area (Å²) in [6.45, 7) is 0. The molecule has 3 heterocycles. The van der Waals surface area contributed by atoms with E-state index in [1.165, 1.54) is 5.56 Å². The molecule has 0 spiro atoms. The Kier molecular flexibility index (Phi) is 5.45. The van der Waals surface area contributed by atoms with Gasteiger partial charge in [-0.15, -0.1) is 0 Å². The van der Waals surface area contributed by atoms with Gasteiger partial charge in [-0.25, -0.2) is 9.97 Å². The fourth-order valence-corrected chi connectivity index (χ4v) is 5.05. The van der Waals surface area contributed by atoms with Crippen molar-refractivity contribution in [3.63, 3.8) is 0 Å². The molecule has 0 unspecified atom stereocenters. The zero-order chi connectivity index (χ0) is 22.9. The molecule has 3 aromatic carbocycles. The van der Waals surface area contributed by atoms with Crippen molar-refractivity contribution in [2.75, 3.05) is 0 Å². The number of aromatic nitrogens is 4. The van der Waals surface area contributed by atoms with Crippen molar-refractivity contribution in [3.8, 4) is 22.8 Å². The largest absolute Gasteiger partial charge is 0.387 e. The van der Waals surface area contributed by atoms with Gasteiger partial charge in [0.15, 0.2) is 0 Å². The van der Waals surface area contributed by atoms with Crippen LogP contribution in [0.5, 0.6) is 0 Å². The monoisotopic (exact) mass is 449 g/mol. The highest BCUT2D eigenvalue weighted by Gasteiger charge is 2.30. The minimum Gasteiger partial charge on any atom is -0.387 e. The Morgan fingerprint density at radius 1 is 0.912 bits per heavy atom. The summed E-state index contributed by atoms with van der Waals surface area (Å²) >= 11 is 0. The average molecular weight is 450 g/mol. The maximum atomic E-state index is 10.8. The number of nitrogens with zero attached hydrogens (tertiary/aromatic N) is 2. The molecule has 6 rings (SSSR count). The first-order valence-electron chi connectivity index (χ1n) is 11.8. The third kappa shape index (κ3) is 4.02. The summed E-state index contributed by atoms with van der Waals surface area (Å²) in [5.74, 6) is 1.67. The molecule has 0 amide bonds. The molecule has 1 aliphatic heterocycles. The van der Waals surface area contributed by atoms with Gasteiger partial charge >= 0.3 is 0 Å². The second kappa shape index (κ2) is 8.89. The Bertz CT molecular complexity index is 1390. The van der Waals surface area contributed by atoms with Gasteiger partial charge in [-0.1, -0.05) is 60.7 Å². The lowest BCUT2D eigenvalue weighted by atomic mass is 10.0. The predicted molar refractivity (Wildman–Crippen MR) is 134 cm³/mol. The van der Waals surface area contributed by atoms with Crippen LogP contribution in [0.1, 0.15) is 30.1 Å². The van der Waals surface area contributed by atoms with Crippen molar-refractivity contribution in [1.29, 1.82) is 0 Å². The number of hydrogen-bond acceptors (Lipinski definition) is 4. The molecule has 170 valence electrons. The molecule has 6 heteroatoms. The van der Waals surface area contributed by atoms with Crippen molar-refractivity contribution in [1.82, 2.24) is 25.3 Å². The van der Waals surface area contributed by atoms with Crippen molar-refractivity contribution in [2.45, 2.75) is 37.5 Å². The highest BCUT2D eigenvalue weighted by Crippen LogP contribution is 2.31. The first-order valence-corrected chi connectivity index (χ1v) is 11.8. The van der Waals surface area contributed by atoms with Crippen molar-refractivity contribution >= 4 is 11.0 Å². The predicted octanol–water partition coefficient (Wildman–Crippen LogP) is 5.02. The first kappa shape index (κ1) is 20.8. The number of nitrogens with one attached hydrogen (secondary N) is 3. The molecule has 0 aliphatic carbocycles. The molecule has 0 bridgehead atoms. The maximum Gasteiger partial charge on any atom is 0.139 e. The first-order chi connectivity index (χ1) is 16.7. The number of benzene rings is 3. The second-order valence-corrected chi connectivity index (χ2v) is 9.03. The minimum atomic E-state index is -0.474. The molecular weight excluding hydrogens is 422 g/mol. The van der Waals surface area contributed by atoms with E-state index in [1.807, 2.05) is 48.7 Å². The van der Waals surface area contributed by atoms with Crippen molar-refractivity contribution < 1.29 is 5.11 Å². The van der Waals surface area contributed by atoms with Gasteiger partial charge in [-0.05, 0) is 42.5 Å². The summed E-state index contributed by atoms with van der Waals surface area (Å²) in [6.07, 6.45) is 6.07. The van der Waals surface area contributed by atoms with Crippen LogP contribution in [0.25, 0.3) is 33.8 Å². The molecule has 1 fully saturated rings. The van der Waals surface area contributed by atoms with Crippen molar-refractivity contribution in [2.24, 2.45) is 0 Å². The van der Waals surface area contributed by atoms with Gasteiger partial charge in [0.1, 0.15) is 11.6 Å². The Balaban J connectivity index is 1.20. The molecule has 1 saturated heterocycles. The van der Waals surface area contributed by atoms with Crippen LogP contribution in [-0.4, -0.2) is 37.1 Å². The SMILES string of the molecule is O[C@H](c1ccccc1)[C@H]1CC[C@@H](Cc2ccc3nc(-c4ccccc4-c4ncc[nH]4)[nH]c3c2)N1. The van der Waals surface area contributed by atoms with E-state index in [4.69, 9.17) is 4.98 Å². The smallest absolute Gasteiger partial charge is 0.139 e. The number of aliphatic hydroxyl groups excluding tert-OH is 1. The number of hydrogen-bond donors (Lipinski definition) is 4. The highest BCUT2D eigenvalue weighted by molar-refractivity contribution is 5.84. The van der Waals surface area contributed by atoms with Crippen LogP contribution in [0.4, 0.5) is 0 Å². The van der Waals surface area contributed by atoms with E-state index in [-0.39, 0.29) is 6.04 Å². The Morgan fingerprint density at radius 2 is 1.71 bits per heavy atom. The number of aromatic amines is 2. The third-order valence-electron chi connectivity index (χ3n) is 6.76. The third-order valence-corrected chi connectivity index (χ3v) is 6.76. The van der Waals surface area contributed by atoms with E-state index in [0.717, 1.165) is 58.6 Å². The summed E-state index contributed by atoms with van der Waals surface area (Å²) in [4.78, 5) is 16.0. The van der Waals surface area contributed by atoms with E-state index < -0.39 is 6.10 Å². The lowest BCUT2D eigenvalue weighted by Crippen LogP contribution is -2.35. The molecule has 1 aliphatic rings. The second-order valence-electron chi connectivity index (χ2n) is 9.03. The maximum absolute atomic E-state index is 10.8. The number of aliphatic hydroxyl groups is 1. The highest BCUT2D eigenvalue weighted by atomic mass is 16.3. The molecule has 4 N–H and O–H groups in total. The fourth-order valence-electron chi connectivity index (χ4n) is 5.05. The van der Waals surface area contributed by atoms with Crippen molar-refractivity contribution in [3.05, 3.63) is 96.3 Å². The van der Waals surface area contributed by atoms with Gasteiger partial charge in [-0.3, -0.25) is 0 Å². The van der Waals surface area contributed by atoms with Crippen LogP contribution >= 0.6 is 0 Å². The van der Waals surface area contributed by atoms with Gasteiger partial charge in [-0.2, -0.15) is 0 Å². The van der Waals surface area contributed by atoms with Crippen LogP contribution in [0.15, 0.2) is 85.2 Å². The van der Waals surface area contributed by atoms with Gasteiger partial charge < -0.3 is 20.4 Å². The van der Waals surface area contributed by atoms with Crippen LogP contribution in [0.2, 0.25) is 0 Å². The topological polar surface area (TPSA) is 89.6 Å². The lowest BCUT2D eigenvalue weighted by Gasteiger charge is -2.20. The summed E-state index contributed by atoms with van der Waals surface area (Å²) in [5, 5.41) is 14.4. The summed E-state index contributed by atoms with van der Waals surface area (Å²) in [6, 6.07) is 25.0. The molecule has 0 saturated carbocycles. The summed E-state index contributed by atoms with van der Waals surface area (Å²) in [7, 11) is 0. The minimum absolute atomic E-state index is 0.0907. The fraction of sp³-hybridized carbons (Fsp3) is 0.214. The van der Waals surface area contributed by atoms with Gasteiger partial charge in [0, 0.05) is 35.6 Å². The van der Waals surface area contributed by atoms with Crippen LogP contribution in [0, 0.1) is 0 Å². The average Bonchev–Trinajstić information content (AvgIpc) is 3.65. The van der Waals surface area contributed by atoms with E-state index in [9.17, 15) is 5.11 Å². The van der Waals surface area contributed by atoms with Crippen LogP contribution in [0.3, 0.4) is 0 Å². The summed E-state index contributed by atoms with van der Waals surface area (Å²) in [5.41, 5.74) is 6.25. The molecule has 3 atom stereocenters. The Hall–Kier alpha value is -3.74. The molecule has 6 nitrogen and oxygen atoms in total. The number of imidazole rings is 2. The van der Waals surface area contributed by atoms with Gasteiger partial charge in [0.25, 0.3) is 0 Å². The quantitative estimate of drug-likeness (QED) is 0.293. The Morgan fingerprint density at radius 3 is 2.50 bits per heavy atom. The number of rotatable bonds is 6. The number of fused-ring (bicyclic) bond motifs is 1. The molecular formula is C28H27N5O. The Labute approximate surface area is 198 Å². The zero-order valence-corrected chi connectivity index (χ0v) is 18.8. The van der Waals surface area contributed by atoms with Gasteiger partial charge in [0.2, 0.25) is 0 Å². The number of H-pyrrole nitrogens is 2. The van der Waals surface area contributed by atoms with Crippen LogP contribution < -0.4 is 5.32 Å². The van der Waals surface area contributed by atoms with E-state index in [0.29, 0.717) is 6.04 Å². The summed E-state index contributed by atoms with van der Waals surface area (Å²) < 4.78 is 0. The van der Waals surface area contributed by atoms with Crippen LogP contribution in [-0.2, 0) is 6.42 Å². The van der Waals surface area contributed by atoms with E-state index in [2.05, 4.69) is 50.6 Å². The molecule has 0 radical (unpaired) electrons. The zero-order valence-electron chi connectivity index (χ0n) is 18.8. The molecule has 5 aromatic rings. The standard InChI is InChI=1S/C28H27N5O/c34-26(19-6-2-1-3-7-19)24-13-11-20(31-24)16-18-10-12-23-25(17-18)33-28(32-23)22-9-5-4-8-21(22)27-29-14-15-30-27/h1-10,12,14-15,17,20,24,26,31,34H,11,13,16H2,(H,29,30)(H,32,33)/t20-,24+,26+/m0/s1. The lowest BCUT2D eigenvalue weighted by molar-refractivity contribution is 0.135. The molecule has 2 aromatic heterocycles. The molecule has 34 heavy (non-hydrogen) atoms.